The summed E-state index contributed by atoms with van der Waals surface area (Å²) in [4.78, 5) is 0. The van der Waals surface area contributed by atoms with E-state index < -0.39 is 0 Å². The third kappa shape index (κ3) is 3.01. The van der Waals surface area contributed by atoms with Gasteiger partial charge in [-0.1, -0.05) is 46.3 Å². The molecule has 2 aromatic carbocycles. The van der Waals surface area contributed by atoms with Crippen LogP contribution in [-0.2, 0) is 13.6 Å². The number of nitrogens with one attached hydrogen (secondary N) is 1. The molecule has 0 saturated carbocycles. The lowest BCUT2D eigenvalue weighted by Crippen LogP contribution is -2.18. The molecule has 0 spiro atoms. The fraction of sp³-hybridized carbons (Fsp3) is 0.235. The smallest absolute Gasteiger partial charge is 0.0841 e. The van der Waals surface area contributed by atoms with Crippen molar-refractivity contribution >= 4 is 26.8 Å². The Kier molecular flexibility index (Phi) is 4.08. The zero-order valence-corrected chi connectivity index (χ0v) is 13.8. The van der Waals surface area contributed by atoms with Crippen LogP contribution < -0.4 is 5.32 Å². The summed E-state index contributed by atoms with van der Waals surface area (Å²) in [5, 5.41) is 9.39. The predicted octanol–water partition coefficient (Wildman–Crippen LogP) is 4.19. The van der Waals surface area contributed by atoms with Gasteiger partial charge in [0.2, 0.25) is 0 Å². The second-order valence-electron chi connectivity index (χ2n) is 5.25. The topological polar surface area (TPSA) is 29.9 Å². The van der Waals surface area contributed by atoms with E-state index in [9.17, 15) is 0 Å². The Labute approximate surface area is 133 Å². The van der Waals surface area contributed by atoms with E-state index in [1.54, 1.807) is 0 Å². The predicted molar refractivity (Wildman–Crippen MR) is 90.1 cm³/mol. The second kappa shape index (κ2) is 6.00. The van der Waals surface area contributed by atoms with Crippen LogP contribution in [0.2, 0.25) is 0 Å². The van der Waals surface area contributed by atoms with Crippen LogP contribution in [0.4, 0.5) is 0 Å². The van der Waals surface area contributed by atoms with Crippen molar-refractivity contribution in [3.8, 4) is 0 Å². The Balaban J connectivity index is 1.77. The minimum absolute atomic E-state index is 0.281. The van der Waals surface area contributed by atoms with Gasteiger partial charge in [0.25, 0.3) is 0 Å². The lowest BCUT2D eigenvalue weighted by atomic mass is 10.1. The molecule has 0 bridgehead atoms. The van der Waals surface area contributed by atoms with Crippen molar-refractivity contribution < 1.29 is 0 Å². The van der Waals surface area contributed by atoms with Crippen molar-refractivity contribution in [2.75, 3.05) is 0 Å². The maximum absolute atomic E-state index is 4.62. The summed E-state index contributed by atoms with van der Waals surface area (Å²) in [7, 11) is 1.99. The van der Waals surface area contributed by atoms with E-state index in [0.29, 0.717) is 0 Å². The molecule has 3 nitrogen and oxygen atoms in total. The molecule has 1 aromatic heterocycles. The first-order chi connectivity index (χ1) is 10.1. The summed E-state index contributed by atoms with van der Waals surface area (Å²) in [6, 6.07) is 17.0. The quantitative estimate of drug-likeness (QED) is 0.769. The van der Waals surface area contributed by atoms with E-state index in [2.05, 4.69) is 69.7 Å². The summed E-state index contributed by atoms with van der Waals surface area (Å²) in [5.41, 5.74) is 3.53. The van der Waals surface area contributed by atoms with Crippen LogP contribution in [0.1, 0.15) is 24.2 Å². The normalized spacial score (nSPS) is 12.7. The molecule has 0 radical (unpaired) electrons. The number of hydrogen-bond donors (Lipinski definition) is 1. The number of hydrogen-bond acceptors (Lipinski definition) is 2. The molecule has 0 unspecified atom stereocenters. The molecule has 0 aliphatic carbocycles. The highest BCUT2D eigenvalue weighted by Gasteiger charge is 2.10. The minimum atomic E-state index is 0.281. The molecular weight excluding hydrogens is 326 g/mol. The van der Waals surface area contributed by atoms with Gasteiger partial charge >= 0.3 is 0 Å². The van der Waals surface area contributed by atoms with Gasteiger partial charge in [-0.15, -0.1) is 0 Å². The van der Waals surface area contributed by atoms with E-state index in [0.717, 1.165) is 16.7 Å². The first-order valence-corrected chi connectivity index (χ1v) is 7.84. The monoisotopic (exact) mass is 343 g/mol. The van der Waals surface area contributed by atoms with Crippen molar-refractivity contribution in [2.24, 2.45) is 7.05 Å². The largest absolute Gasteiger partial charge is 0.304 e. The Morgan fingerprint density at radius 2 is 2.00 bits per heavy atom. The number of fused-ring (bicyclic) bond motifs is 1. The number of aromatic nitrogens is 2. The standard InChI is InChI=1S/C17H18BrN3/c1-12(13-6-5-7-14(18)10-13)19-11-16-15-8-3-4-9-17(15)21(2)20-16/h3-10,12,19H,11H2,1-2H3/t12-/m1/s1. The van der Waals surface area contributed by atoms with Gasteiger partial charge in [-0.3, -0.25) is 4.68 Å². The van der Waals surface area contributed by atoms with Gasteiger partial charge in [-0.25, -0.2) is 0 Å². The molecule has 3 aromatic rings. The number of nitrogens with zero attached hydrogens (tertiary/aromatic N) is 2. The number of rotatable bonds is 4. The number of aryl methyl sites for hydroxylation is 1. The molecule has 1 heterocycles. The molecule has 0 amide bonds. The molecular formula is C17H18BrN3. The Hall–Kier alpha value is -1.65. The third-order valence-corrected chi connectivity index (χ3v) is 4.25. The van der Waals surface area contributed by atoms with Crippen molar-refractivity contribution in [2.45, 2.75) is 19.5 Å². The third-order valence-electron chi connectivity index (χ3n) is 3.76. The number of para-hydroxylation sites is 1. The molecule has 0 aliphatic heterocycles. The lowest BCUT2D eigenvalue weighted by Gasteiger charge is -2.13. The highest BCUT2D eigenvalue weighted by molar-refractivity contribution is 9.10. The summed E-state index contributed by atoms with van der Waals surface area (Å²) in [6.45, 7) is 2.93. The van der Waals surface area contributed by atoms with Gasteiger partial charge in [0, 0.05) is 29.5 Å². The van der Waals surface area contributed by atoms with Crippen molar-refractivity contribution in [3.05, 3.63) is 64.3 Å². The Morgan fingerprint density at radius 1 is 1.19 bits per heavy atom. The molecule has 1 atom stereocenters. The van der Waals surface area contributed by atoms with Crippen LogP contribution in [0, 0.1) is 0 Å². The van der Waals surface area contributed by atoms with Crippen LogP contribution >= 0.6 is 15.9 Å². The van der Waals surface area contributed by atoms with E-state index >= 15 is 0 Å². The van der Waals surface area contributed by atoms with E-state index in [1.807, 2.05) is 23.9 Å². The van der Waals surface area contributed by atoms with E-state index in [1.165, 1.54) is 16.5 Å². The maximum Gasteiger partial charge on any atom is 0.0841 e. The van der Waals surface area contributed by atoms with Crippen LogP contribution in [0.5, 0.6) is 0 Å². The Morgan fingerprint density at radius 3 is 2.81 bits per heavy atom. The highest BCUT2D eigenvalue weighted by Crippen LogP contribution is 2.20. The molecule has 0 saturated heterocycles. The molecule has 1 N–H and O–H groups in total. The van der Waals surface area contributed by atoms with Gasteiger partial charge < -0.3 is 5.32 Å². The SMILES string of the molecule is C[C@@H](NCc1nn(C)c2ccccc12)c1cccc(Br)c1. The van der Waals surface area contributed by atoms with E-state index in [4.69, 9.17) is 0 Å². The average molecular weight is 344 g/mol. The summed E-state index contributed by atoms with van der Waals surface area (Å²) in [5.74, 6) is 0. The van der Waals surface area contributed by atoms with E-state index in [-0.39, 0.29) is 6.04 Å². The van der Waals surface area contributed by atoms with Gasteiger partial charge in [-0.2, -0.15) is 5.10 Å². The molecule has 0 aliphatic rings. The molecule has 3 rings (SSSR count). The molecule has 4 heteroatoms. The van der Waals surface area contributed by atoms with Gasteiger partial charge in [-0.05, 0) is 30.7 Å². The fourth-order valence-corrected chi connectivity index (χ4v) is 2.98. The first kappa shape index (κ1) is 14.3. The summed E-state index contributed by atoms with van der Waals surface area (Å²) >= 11 is 3.52. The van der Waals surface area contributed by atoms with Crippen LogP contribution in [-0.4, -0.2) is 9.78 Å². The van der Waals surface area contributed by atoms with Crippen molar-refractivity contribution in [1.29, 1.82) is 0 Å². The van der Waals surface area contributed by atoms with Gasteiger partial charge in [0.05, 0.1) is 11.2 Å². The average Bonchev–Trinajstić information content (AvgIpc) is 2.82. The van der Waals surface area contributed by atoms with Crippen LogP contribution in [0.3, 0.4) is 0 Å². The van der Waals surface area contributed by atoms with Crippen molar-refractivity contribution in [3.63, 3.8) is 0 Å². The second-order valence-corrected chi connectivity index (χ2v) is 6.16. The zero-order chi connectivity index (χ0) is 14.8. The first-order valence-electron chi connectivity index (χ1n) is 7.04. The van der Waals surface area contributed by atoms with Gasteiger partial charge in [0.1, 0.15) is 0 Å². The summed E-state index contributed by atoms with van der Waals surface area (Å²) < 4.78 is 3.05. The summed E-state index contributed by atoms with van der Waals surface area (Å²) in [6.07, 6.45) is 0. The highest BCUT2D eigenvalue weighted by atomic mass is 79.9. The zero-order valence-electron chi connectivity index (χ0n) is 12.2. The minimum Gasteiger partial charge on any atom is -0.304 e. The molecule has 21 heavy (non-hydrogen) atoms. The molecule has 0 fully saturated rings. The number of halogens is 1. The Bertz CT molecular complexity index is 764. The van der Waals surface area contributed by atoms with Crippen LogP contribution in [0.25, 0.3) is 10.9 Å². The number of benzene rings is 2. The lowest BCUT2D eigenvalue weighted by molar-refractivity contribution is 0.563. The maximum atomic E-state index is 4.62. The van der Waals surface area contributed by atoms with Crippen molar-refractivity contribution in [1.82, 2.24) is 15.1 Å². The fourth-order valence-electron chi connectivity index (χ4n) is 2.56. The molecule has 108 valence electrons. The van der Waals surface area contributed by atoms with Gasteiger partial charge in [0.15, 0.2) is 0 Å². The van der Waals surface area contributed by atoms with Crippen LogP contribution in [0.15, 0.2) is 53.0 Å².